The Hall–Kier alpha value is -2.15. The highest BCUT2D eigenvalue weighted by molar-refractivity contribution is 5.82. The van der Waals surface area contributed by atoms with E-state index in [2.05, 4.69) is 5.32 Å². The zero-order chi connectivity index (χ0) is 14.5. The molecule has 1 aliphatic heterocycles. The molecule has 7 heteroatoms. The van der Waals surface area contributed by atoms with Gasteiger partial charge in [0.1, 0.15) is 5.69 Å². The fourth-order valence-corrected chi connectivity index (χ4v) is 2.46. The van der Waals surface area contributed by atoms with E-state index in [1.54, 1.807) is 23.1 Å². The maximum atomic E-state index is 12.1. The summed E-state index contributed by atoms with van der Waals surface area (Å²) in [4.78, 5) is 24.3. The number of likely N-dealkylation sites (tertiary alicyclic amines) is 1. The molecule has 0 aromatic heterocycles. The fraction of sp³-hybridized carbons (Fsp3) is 0.462. The number of nitrogens with zero attached hydrogens (tertiary/aromatic N) is 2. The molecule has 1 atom stereocenters. The van der Waals surface area contributed by atoms with Crippen molar-refractivity contribution in [1.82, 2.24) is 4.90 Å². The molecular formula is C13H18N4O3. The average molecular weight is 278 g/mol. The van der Waals surface area contributed by atoms with Crippen molar-refractivity contribution in [2.45, 2.75) is 18.9 Å². The first-order valence-electron chi connectivity index (χ1n) is 6.60. The molecular weight excluding hydrogens is 260 g/mol. The van der Waals surface area contributed by atoms with Crippen LogP contribution in [-0.4, -0.2) is 41.4 Å². The first-order valence-corrected chi connectivity index (χ1v) is 6.60. The Labute approximate surface area is 116 Å². The van der Waals surface area contributed by atoms with Crippen molar-refractivity contribution in [1.29, 1.82) is 0 Å². The molecule has 1 aliphatic rings. The summed E-state index contributed by atoms with van der Waals surface area (Å²) in [5.74, 6) is -0.0731. The molecule has 1 unspecified atom stereocenters. The number of nitrogens with two attached hydrogens (primary N) is 1. The van der Waals surface area contributed by atoms with Crippen molar-refractivity contribution in [2.75, 3.05) is 25.0 Å². The third kappa shape index (κ3) is 3.05. The predicted octanol–water partition coefficient (Wildman–Crippen LogP) is 0.956. The van der Waals surface area contributed by atoms with Crippen LogP contribution in [-0.2, 0) is 4.79 Å². The standard InChI is InChI=1S/C13H18N4O3/c14-8-10-4-3-7-16(10)13(18)9-15-11-5-1-2-6-12(11)17(19)20/h1-2,5-6,10,15H,3-4,7-9,14H2. The van der Waals surface area contributed by atoms with Gasteiger partial charge in [-0.25, -0.2) is 0 Å². The lowest BCUT2D eigenvalue weighted by atomic mass is 10.2. The molecule has 0 radical (unpaired) electrons. The van der Waals surface area contributed by atoms with Crippen LogP contribution in [0.5, 0.6) is 0 Å². The number of anilines is 1. The Balaban J connectivity index is 1.98. The SMILES string of the molecule is NCC1CCCN1C(=O)CNc1ccccc1[N+](=O)[O-]. The Morgan fingerprint density at radius 3 is 2.95 bits per heavy atom. The maximum Gasteiger partial charge on any atom is 0.292 e. The van der Waals surface area contributed by atoms with Gasteiger partial charge in [-0.2, -0.15) is 0 Å². The van der Waals surface area contributed by atoms with Crippen LogP contribution < -0.4 is 11.1 Å². The van der Waals surface area contributed by atoms with Gasteiger partial charge in [0.15, 0.2) is 0 Å². The molecule has 3 N–H and O–H groups in total. The van der Waals surface area contributed by atoms with Crippen molar-refractivity contribution < 1.29 is 9.72 Å². The number of amides is 1. The number of nitro benzene ring substituents is 1. The molecule has 0 bridgehead atoms. The topological polar surface area (TPSA) is 102 Å². The van der Waals surface area contributed by atoms with Crippen LogP contribution in [0.3, 0.4) is 0 Å². The molecule has 108 valence electrons. The van der Waals surface area contributed by atoms with Gasteiger partial charge in [-0.1, -0.05) is 12.1 Å². The van der Waals surface area contributed by atoms with Gasteiger partial charge in [-0.15, -0.1) is 0 Å². The number of para-hydroxylation sites is 2. The average Bonchev–Trinajstić information content (AvgIpc) is 2.93. The third-order valence-electron chi connectivity index (χ3n) is 3.50. The van der Waals surface area contributed by atoms with Crippen molar-refractivity contribution in [3.63, 3.8) is 0 Å². The van der Waals surface area contributed by atoms with Crippen LogP contribution in [0.25, 0.3) is 0 Å². The second-order valence-corrected chi connectivity index (χ2v) is 4.75. The summed E-state index contributed by atoms with van der Waals surface area (Å²) in [7, 11) is 0. The van der Waals surface area contributed by atoms with Crippen LogP contribution in [0, 0.1) is 10.1 Å². The van der Waals surface area contributed by atoms with E-state index < -0.39 is 4.92 Å². The van der Waals surface area contributed by atoms with Crippen molar-refractivity contribution in [2.24, 2.45) is 5.73 Å². The summed E-state index contributed by atoms with van der Waals surface area (Å²) in [6.07, 6.45) is 1.88. The van der Waals surface area contributed by atoms with Gasteiger partial charge in [0.05, 0.1) is 11.5 Å². The Bertz CT molecular complexity index is 506. The summed E-state index contributed by atoms with van der Waals surface area (Å²) in [5.41, 5.74) is 5.95. The van der Waals surface area contributed by atoms with E-state index in [-0.39, 0.29) is 24.2 Å². The van der Waals surface area contributed by atoms with Gasteiger partial charge in [-0.05, 0) is 18.9 Å². The molecule has 7 nitrogen and oxygen atoms in total. The molecule has 0 spiro atoms. The molecule has 1 fully saturated rings. The second-order valence-electron chi connectivity index (χ2n) is 4.75. The zero-order valence-electron chi connectivity index (χ0n) is 11.1. The number of benzene rings is 1. The van der Waals surface area contributed by atoms with Gasteiger partial charge in [0.25, 0.3) is 5.69 Å². The molecule has 0 saturated carbocycles. The van der Waals surface area contributed by atoms with E-state index in [1.807, 2.05) is 0 Å². The van der Waals surface area contributed by atoms with E-state index in [9.17, 15) is 14.9 Å². The predicted molar refractivity (Wildman–Crippen MR) is 75.4 cm³/mol. The van der Waals surface area contributed by atoms with Crippen molar-refractivity contribution in [3.8, 4) is 0 Å². The highest BCUT2D eigenvalue weighted by Crippen LogP contribution is 2.23. The Morgan fingerprint density at radius 2 is 2.25 bits per heavy atom. The number of nitrogens with one attached hydrogen (secondary N) is 1. The van der Waals surface area contributed by atoms with E-state index >= 15 is 0 Å². The number of carbonyl (C=O) groups excluding carboxylic acids is 1. The van der Waals surface area contributed by atoms with Gasteiger partial charge < -0.3 is 16.0 Å². The maximum absolute atomic E-state index is 12.1. The van der Waals surface area contributed by atoms with E-state index in [0.717, 1.165) is 12.8 Å². The molecule has 1 aromatic rings. The first-order chi connectivity index (χ1) is 9.63. The van der Waals surface area contributed by atoms with Crippen LogP contribution in [0.15, 0.2) is 24.3 Å². The number of rotatable bonds is 5. The Morgan fingerprint density at radius 1 is 1.50 bits per heavy atom. The lowest BCUT2D eigenvalue weighted by Crippen LogP contribution is -2.42. The molecule has 2 rings (SSSR count). The second kappa shape index (κ2) is 6.33. The smallest absolute Gasteiger partial charge is 0.292 e. The molecule has 20 heavy (non-hydrogen) atoms. The Kier molecular flexibility index (Phi) is 4.52. The highest BCUT2D eigenvalue weighted by Gasteiger charge is 2.27. The summed E-state index contributed by atoms with van der Waals surface area (Å²) >= 11 is 0. The number of carbonyl (C=O) groups is 1. The summed E-state index contributed by atoms with van der Waals surface area (Å²) in [5, 5.41) is 13.7. The largest absolute Gasteiger partial charge is 0.371 e. The lowest BCUT2D eigenvalue weighted by Gasteiger charge is -2.23. The first kappa shape index (κ1) is 14.3. The minimum atomic E-state index is -0.467. The number of hydrogen-bond donors (Lipinski definition) is 2. The van der Waals surface area contributed by atoms with Crippen LogP contribution in [0.2, 0.25) is 0 Å². The summed E-state index contributed by atoms with van der Waals surface area (Å²) in [6, 6.07) is 6.38. The van der Waals surface area contributed by atoms with E-state index in [4.69, 9.17) is 5.73 Å². The van der Waals surface area contributed by atoms with E-state index in [0.29, 0.717) is 18.8 Å². The highest BCUT2D eigenvalue weighted by atomic mass is 16.6. The van der Waals surface area contributed by atoms with Crippen LogP contribution >= 0.6 is 0 Å². The van der Waals surface area contributed by atoms with Crippen LogP contribution in [0.4, 0.5) is 11.4 Å². The summed E-state index contributed by atoms with van der Waals surface area (Å²) in [6.45, 7) is 1.21. The monoisotopic (exact) mass is 278 g/mol. The number of hydrogen-bond acceptors (Lipinski definition) is 5. The third-order valence-corrected chi connectivity index (χ3v) is 3.50. The molecule has 0 aliphatic carbocycles. The lowest BCUT2D eigenvalue weighted by molar-refractivity contribution is -0.383. The van der Waals surface area contributed by atoms with Gasteiger partial charge in [0.2, 0.25) is 5.91 Å². The van der Waals surface area contributed by atoms with Crippen molar-refractivity contribution in [3.05, 3.63) is 34.4 Å². The molecule has 1 aromatic carbocycles. The molecule has 1 heterocycles. The molecule has 1 amide bonds. The van der Waals surface area contributed by atoms with Gasteiger partial charge in [0, 0.05) is 25.2 Å². The van der Waals surface area contributed by atoms with Gasteiger partial charge >= 0.3 is 0 Å². The van der Waals surface area contributed by atoms with Gasteiger partial charge in [-0.3, -0.25) is 14.9 Å². The zero-order valence-corrected chi connectivity index (χ0v) is 11.1. The number of nitro groups is 1. The normalized spacial score (nSPS) is 18.1. The minimum absolute atomic E-state index is 0.0305. The quantitative estimate of drug-likeness (QED) is 0.617. The van der Waals surface area contributed by atoms with Crippen LogP contribution in [0.1, 0.15) is 12.8 Å². The summed E-state index contributed by atoms with van der Waals surface area (Å²) < 4.78 is 0. The van der Waals surface area contributed by atoms with Crippen molar-refractivity contribution >= 4 is 17.3 Å². The minimum Gasteiger partial charge on any atom is -0.371 e. The fourth-order valence-electron chi connectivity index (χ4n) is 2.46. The van der Waals surface area contributed by atoms with E-state index in [1.165, 1.54) is 6.07 Å². The molecule has 1 saturated heterocycles.